The van der Waals surface area contributed by atoms with Crippen LogP contribution in [-0.2, 0) is 4.79 Å². The Morgan fingerprint density at radius 1 is 1.29 bits per heavy atom. The molecular weight excluding hydrogens is 310 g/mol. The molecule has 0 atom stereocenters. The van der Waals surface area contributed by atoms with Gasteiger partial charge in [-0.25, -0.2) is 0 Å². The number of nitrogens with zero attached hydrogens (tertiary/aromatic N) is 2. The standard InChI is InChI=1S/C17H19N3O4/c1-20(2)16(21)10-23-13-7-5-12(6-8-13)18-17(22)14-9-15(24-19-14)11-3-4-11/h5-9,11H,3-4,10H2,1-2H3,(H,18,22). The molecule has 1 saturated carbocycles. The van der Waals surface area contributed by atoms with Crippen LogP contribution in [0.3, 0.4) is 0 Å². The fourth-order valence-electron chi connectivity index (χ4n) is 2.06. The van der Waals surface area contributed by atoms with E-state index in [2.05, 4.69) is 10.5 Å². The van der Waals surface area contributed by atoms with Gasteiger partial charge in [0.25, 0.3) is 11.8 Å². The SMILES string of the molecule is CN(C)C(=O)COc1ccc(NC(=O)c2cc(C3CC3)on2)cc1. The highest BCUT2D eigenvalue weighted by molar-refractivity contribution is 6.02. The van der Waals surface area contributed by atoms with Crippen molar-refractivity contribution in [2.24, 2.45) is 0 Å². The molecule has 1 fully saturated rings. The number of ether oxygens (including phenoxy) is 1. The molecule has 0 spiro atoms. The minimum absolute atomic E-state index is 0.0262. The lowest BCUT2D eigenvalue weighted by Crippen LogP contribution is -2.27. The highest BCUT2D eigenvalue weighted by Gasteiger charge is 2.28. The van der Waals surface area contributed by atoms with Gasteiger partial charge in [0.1, 0.15) is 11.5 Å². The Labute approximate surface area is 139 Å². The fourth-order valence-corrected chi connectivity index (χ4v) is 2.06. The van der Waals surface area contributed by atoms with Crippen LogP contribution >= 0.6 is 0 Å². The van der Waals surface area contributed by atoms with E-state index in [1.807, 2.05) is 0 Å². The van der Waals surface area contributed by atoms with Crippen LogP contribution in [0.4, 0.5) is 5.69 Å². The Balaban J connectivity index is 1.55. The predicted molar refractivity (Wildman–Crippen MR) is 87.1 cm³/mol. The van der Waals surface area contributed by atoms with Crippen LogP contribution in [0.5, 0.6) is 5.75 Å². The van der Waals surface area contributed by atoms with E-state index in [-0.39, 0.29) is 24.1 Å². The van der Waals surface area contributed by atoms with Gasteiger partial charge < -0.3 is 19.5 Å². The van der Waals surface area contributed by atoms with Crippen molar-refractivity contribution in [3.63, 3.8) is 0 Å². The number of hydrogen-bond donors (Lipinski definition) is 1. The van der Waals surface area contributed by atoms with Gasteiger partial charge in [-0.2, -0.15) is 0 Å². The third-order valence-corrected chi connectivity index (χ3v) is 3.71. The van der Waals surface area contributed by atoms with Gasteiger partial charge in [0, 0.05) is 31.8 Å². The summed E-state index contributed by atoms with van der Waals surface area (Å²) in [4.78, 5) is 25.1. The minimum atomic E-state index is -0.317. The molecule has 7 heteroatoms. The predicted octanol–water partition coefficient (Wildman–Crippen LogP) is 2.27. The first-order valence-electron chi connectivity index (χ1n) is 7.74. The highest BCUT2D eigenvalue weighted by atomic mass is 16.5. The monoisotopic (exact) mass is 329 g/mol. The number of carbonyl (C=O) groups excluding carboxylic acids is 2. The second-order valence-electron chi connectivity index (χ2n) is 5.94. The van der Waals surface area contributed by atoms with Gasteiger partial charge in [0.15, 0.2) is 12.3 Å². The van der Waals surface area contributed by atoms with Crippen LogP contribution in [0.25, 0.3) is 0 Å². The maximum absolute atomic E-state index is 12.1. The lowest BCUT2D eigenvalue weighted by molar-refractivity contribution is -0.130. The summed E-state index contributed by atoms with van der Waals surface area (Å²) in [5.41, 5.74) is 0.885. The van der Waals surface area contributed by atoms with E-state index in [1.54, 1.807) is 44.4 Å². The maximum atomic E-state index is 12.1. The van der Waals surface area contributed by atoms with E-state index in [0.717, 1.165) is 18.6 Å². The number of rotatable bonds is 6. The van der Waals surface area contributed by atoms with Gasteiger partial charge in [-0.3, -0.25) is 9.59 Å². The van der Waals surface area contributed by atoms with Crippen LogP contribution in [0, 0.1) is 0 Å². The molecule has 0 radical (unpaired) electrons. The average molecular weight is 329 g/mol. The zero-order valence-corrected chi connectivity index (χ0v) is 13.6. The summed E-state index contributed by atoms with van der Waals surface area (Å²) >= 11 is 0. The molecule has 2 aromatic rings. The van der Waals surface area contributed by atoms with E-state index in [9.17, 15) is 9.59 Å². The van der Waals surface area contributed by atoms with Crippen molar-refractivity contribution in [1.82, 2.24) is 10.1 Å². The van der Waals surface area contributed by atoms with Gasteiger partial charge >= 0.3 is 0 Å². The Morgan fingerprint density at radius 2 is 2.00 bits per heavy atom. The van der Waals surface area contributed by atoms with E-state index in [0.29, 0.717) is 17.4 Å². The van der Waals surface area contributed by atoms with Gasteiger partial charge in [0.05, 0.1) is 0 Å². The topological polar surface area (TPSA) is 84.7 Å². The zero-order valence-electron chi connectivity index (χ0n) is 13.6. The van der Waals surface area contributed by atoms with Crippen molar-refractivity contribution in [3.05, 3.63) is 41.8 Å². The highest BCUT2D eigenvalue weighted by Crippen LogP contribution is 2.40. The molecule has 1 aromatic heterocycles. The number of hydrogen-bond acceptors (Lipinski definition) is 5. The van der Waals surface area contributed by atoms with Crippen molar-refractivity contribution in [3.8, 4) is 5.75 Å². The van der Waals surface area contributed by atoms with E-state index in [1.165, 1.54) is 4.90 Å². The van der Waals surface area contributed by atoms with E-state index >= 15 is 0 Å². The summed E-state index contributed by atoms with van der Waals surface area (Å²) in [5.74, 6) is 1.31. The number of likely N-dealkylation sites (N-methyl/N-ethyl adjacent to an activating group) is 1. The lowest BCUT2D eigenvalue weighted by Gasteiger charge is -2.11. The molecule has 0 aliphatic heterocycles. The molecule has 24 heavy (non-hydrogen) atoms. The van der Waals surface area contributed by atoms with Gasteiger partial charge in [0.2, 0.25) is 0 Å². The van der Waals surface area contributed by atoms with E-state index in [4.69, 9.17) is 9.26 Å². The molecule has 7 nitrogen and oxygen atoms in total. The maximum Gasteiger partial charge on any atom is 0.277 e. The summed E-state index contributed by atoms with van der Waals surface area (Å²) in [5, 5.41) is 6.55. The molecule has 1 aliphatic carbocycles. The molecule has 0 unspecified atom stereocenters. The Morgan fingerprint density at radius 3 is 2.62 bits per heavy atom. The molecule has 1 aromatic carbocycles. The first-order chi connectivity index (χ1) is 11.5. The van der Waals surface area contributed by atoms with Crippen molar-refractivity contribution < 1.29 is 18.8 Å². The van der Waals surface area contributed by atoms with Crippen molar-refractivity contribution in [2.75, 3.05) is 26.0 Å². The molecule has 1 heterocycles. The number of anilines is 1. The molecule has 2 amide bonds. The summed E-state index contributed by atoms with van der Waals surface area (Å²) in [7, 11) is 3.34. The van der Waals surface area contributed by atoms with Gasteiger partial charge in [-0.05, 0) is 37.1 Å². The summed E-state index contributed by atoms with van der Waals surface area (Å²) < 4.78 is 10.6. The number of amides is 2. The quantitative estimate of drug-likeness (QED) is 0.879. The molecule has 0 saturated heterocycles. The first-order valence-corrected chi connectivity index (χ1v) is 7.74. The minimum Gasteiger partial charge on any atom is -0.484 e. The third kappa shape index (κ3) is 3.92. The largest absolute Gasteiger partial charge is 0.484 e. The smallest absolute Gasteiger partial charge is 0.277 e. The van der Waals surface area contributed by atoms with Crippen LogP contribution in [0.1, 0.15) is 35.0 Å². The van der Waals surface area contributed by atoms with Crippen LogP contribution in [0.15, 0.2) is 34.9 Å². The number of benzene rings is 1. The lowest BCUT2D eigenvalue weighted by atomic mass is 10.2. The Bertz CT molecular complexity index is 733. The number of carbonyl (C=O) groups is 2. The van der Waals surface area contributed by atoms with Crippen LogP contribution in [0.2, 0.25) is 0 Å². The number of aromatic nitrogens is 1. The molecule has 126 valence electrons. The van der Waals surface area contributed by atoms with Crippen LogP contribution < -0.4 is 10.1 Å². The van der Waals surface area contributed by atoms with Crippen molar-refractivity contribution in [1.29, 1.82) is 0 Å². The second-order valence-corrected chi connectivity index (χ2v) is 5.94. The molecule has 1 aliphatic rings. The average Bonchev–Trinajstić information content (AvgIpc) is 3.30. The Hall–Kier alpha value is -2.83. The zero-order chi connectivity index (χ0) is 17.1. The second kappa shape index (κ2) is 6.74. The van der Waals surface area contributed by atoms with Crippen molar-refractivity contribution >= 4 is 17.5 Å². The summed E-state index contributed by atoms with van der Waals surface area (Å²) in [6.07, 6.45) is 2.18. The van der Waals surface area contributed by atoms with Crippen molar-refractivity contribution in [2.45, 2.75) is 18.8 Å². The number of nitrogens with one attached hydrogen (secondary N) is 1. The molecule has 0 bridgehead atoms. The normalized spacial score (nSPS) is 13.4. The van der Waals surface area contributed by atoms with Gasteiger partial charge in [-0.1, -0.05) is 5.16 Å². The molecule has 1 N–H and O–H groups in total. The summed E-state index contributed by atoms with van der Waals surface area (Å²) in [6, 6.07) is 8.48. The summed E-state index contributed by atoms with van der Waals surface area (Å²) in [6.45, 7) is -0.0262. The fraction of sp³-hybridized carbons (Fsp3) is 0.353. The van der Waals surface area contributed by atoms with Gasteiger partial charge in [-0.15, -0.1) is 0 Å². The van der Waals surface area contributed by atoms with E-state index < -0.39 is 0 Å². The third-order valence-electron chi connectivity index (χ3n) is 3.71. The van der Waals surface area contributed by atoms with Crippen LogP contribution in [-0.4, -0.2) is 42.6 Å². The first kappa shape index (κ1) is 16.0. The molecular formula is C17H19N3O4. The molecule has 3 rings (SSSR count). The Kier molecular flexibility index (Phi) is 4.50.